The van der Waals surface area contributed by atoms with E-state index in [2.05, 4.69) is 169 Å². The van der Waals surface area contributed by atoms with Gasteiger partial charge in [0, 0.05) is 45.7 Å². The molecule has 0 radical (unpaired) electrons. The lowest BCUT2D eigenvalue weighted by atomic mass is 9.82. The standard InChI is InChI=1S/C50H42Br4N4/c1-12-32-21-33(13-15-35-24-39(51)45(40(52)25-35)47(57-55)43-28(2)17-37(18-29(43)3)49(6,7)8)23-34(22-32)14-16-36-26-41(53)46(42(54)27-36)48(58-56)44-30(4)19-38(20-31(44)5)50(9,10)11/h1,17-27H,2-11H3. The topological polar surface area (TPSA) is 72.8 Å². The van der Waals surface area contributed by atoms with E-state index in [1.54, 1.807) is 0 Å². The summed E-state index contributed by atoms with van der Waals surface area (Å²) in [5.41, 5.74) is 34.8. The molecule has 0 saturated carbocycles. The zero-order valence-corrected chi connectivity index (χ0v) is 40.6. The van der Waals surface area contributed by atoms with Crippen LogP contribution in [-0.2, 0) is 10.8 Å². The van der Waals surface area contributed by atoms with Gasteiger partial charge < -0.3 is 11.1 Å². The van der Waals surface area contributed by atoms with Crippen LogP contribution in [-0.4, -0.2) is 21.0 Å². The van der Waals surface area contributed by atoms with Crippen LogP contribution < -0.4 is 0 Å². The summed E-state index contributed by atoms with van der Waals surface area (Å²) in [4.78, 5) is 7.55. The van der Waals surface area contributed by atoms with E-state index in [9.17, 15) is 11.1 Å². The second kappa shape index (κ2) is 17.8. The van der Waals surface area contributed by atoms with Gasteiger partial charge in [-0.1, -0.05) is 95.4 Å². The van der Waals surface area contributed by atoms with Crippen LogP contribution in [0.1, 0.15) is 125 Å². The molecule has 0 fully saturated rings. The van der Waals surface area contributed by atoms with Gasteiger partial charge in [0.2, 0.25) is 0 Å². The van der Waals surface area contributed by atoms with Crippen molar-refractivity contribution in [3.63, 3.8) is 0 Å². The van der Waals surface area contributed by atoms with Crippen molar-refractivity contribution in [1.29, 1.82) is 0 Å². The quantitative estimate of drug-likeness (QED) is 0.0745. The van der Waals surface area contributed by atoms with Crippen molar-refractivity contribution in [3.8, 4) is 36.0 Å². The molecule has 0 saturated heterocycles. The molecule has 0 N–H and O–H groups in total. The van der Waals surface area contributed by atoms with Crippen LogP contribution >= 0.6 is 63.7 Å². The van der Waals surface area contributed by atoms with Gasteiger partial charge in [0.05, 0.1) is 22.3 Å². The molecule has 5 aromatic carbocycles. The third kappa shape index (κ3) is 9.83. The Hall–Kier alpha value is -4.54. The fourth-order valence-electron chi connectivity index (χ4n) is 6.88. The van der Waals surface area contributed by atoms with E-state index in [-0.39, 0.29) is 10.8 Å². The Bertz CT molecular complexity index is 2530. The lowest BCUT2D eigenvalue weighted by molar-refractivity contribution is -0.00343. The lowest BCUT2D eigenvalue weighted by Gasteiger charge is -2.21. The predicted octanol–water partition coefficient (Wildman–Crippen LogP) is 13.5. The van der Waals surface area contributed by atoms with E-state index < -0.39 is 0 Å². The van der Waals surface area contributed by atoms with Gasteiger partial charge in [-0.15, -0.1) is 6.42 Å². The maximum Gasteiger partial charge on any atom is 0.332 e. The largest absolute Gasteiger partial charge is 0.361 e. The maximum absolute atomic E-state index is 10.3. The number of hydrogen-bond donors (Lipinski definition) is 0. The smallest absolute Gasteiger partial charge is 0.332 e. The molecule has 4 nitrogen and oxygen atoms in total. The molecule has 0 unspecified atom stereocenters. The molecule has 5 rings (SSSR count). The van der Waals surface area contributed by atoms with E-state index in [0.717, 1.165) is 73.5 Å². The highest BCUT2D eigenvalue weighted by Gasteiger charge is 2.29. The summed E-state index contributed by atoms with van der Waals surface area (Å²) < 4.78 is 2.91. The summed E-state index contributed by atoms with van der Waals surface area (Å²) in [7, 11) is 0. The molecule has 0 aliphatic rings. The Morgan fingerprint density at radius 3 is 0.948 bits per heavy atom. The molecular weight excluding hydrogens is 976 g/mol. The molecule has 0 atom stereocenters. The van der Waals surface area contributed by atoms with Gasteiger partial charge in [0.15, 0.2) is 0 Å². The zero-order valence-electron chi connectivity index (χ0n) is 34.2. The molecule has 0 amide bonds. The lowest BCUT2D eigenvalue weighted by Crippen LogP contribution is -2.16. The van der Waals surface area contributed by atoms with Gasteiger partial charge in [0.25, 0.3) is 0 Å². The predicted molar refractivity (Wildman–Crippen MR) is 253 cm³/mol. The third-order valence-electron chi connectivity index (χ3n) is 9.83. The van der Waals surface area contributed by atoms with E-state index in [0.29, 0.717) is 28.1 Å². The number of rotatable bonds is 4. The Labute approximate surface area is 377 Å². The van der Waals surface area contributed by atoms with Crippen molar-refractivity contribution in [2.45, 2.75) is 80.1 Å². The van der Waals surface area contributed by atoms with Crippen molar-refractivity contribution in [2.75, 3.05) is 0 Å². The molecule has 0 aromatic heterocycles. The fraction of sp³-hybridized carbons (Fsp3) is 0.240. The van der Waals surface area contributed by atoms with Crippen LogP contribution in [0.3, 0.4) is 0 Å². The van der Waals surface area contributed by atoms with Crippen LogP contribution in [0.25, 0.3) is 11.1 Å². The van der Waals surface area contributed by atoms with E-state index in [1.165, 1.54) is 11.1 Å². The van der Waals surface area contributed by atoms with Gasteiger partial charge in [-0.25, -0.2) is 0 Å². The first-order valence-electron chi connectivity index (χ1n) is 18.5. The average molecular weight is 1020 g/mol. The zero-order chi connectivity index (χ0) is 42.9. The average Bonchev–Trinajstić information content (AvgIpc) is 3.12. The van der Waals surface area contributed by atoms with E-state index >= 15 is 0 Å². The Kier molecular flexibility index (Phi) is 13.6. The summed E-state index contributed by atoms with van der Waals surface area (Å²) in [6, 6.07) is 21.9. The molecule has 8 heteroatoms. The molecule has 5 aromatic rings. The van der Waals surface area contributed by atoms with Crippen LogP contribution in [0, 0.1) is 63.7 Å². The molecule has 0 aliphatic heterocycles. The number of benzene rings is 5. The summed E-state index contributed by atoms with van der Waals surface area (Å²) in [5, 5.41) is 0. The molecule has 0 spiro atoms. The minimum atomic E-state index is -0.0124. The van der Waals surface area contributed by atoms with Crippen molar-refractivity contribution < 1.29 is 9.58 Å². The fourth-order valence-corrected chi connectivity index (χ4v) is 10.0. The molecule has 58 heavy (non-hydrogen) atoms. The number of terminal acetylenes is 1. The maximum atomic E-state index is 10.3. The van der Waals surface area contributed by atoms with Crippen molar-refractivity contribution in [1.82, 2.24) is 0 Å². The number of aryl methyl sites for hydroxylation is 4. The second-order valence-electron chi connectivity index (χ2n) is 16.4. The highest BCUT2D eigenvalue weighted by Crippen LogP contribution is 2.35. The Morgan fingerprint density at radius 2 is 0.707 bits per heavy atom. The minimum Gasteiger partial charge on any atom is -0.361 e. The highest BCUT2D eigenvalue weighted by atomic mass is 79.9. The molecular formula is C50H42Br4N4. The molecule has 0 aliphatic carbocycles. The third-order valence-corrected chi connectivity index (χ3v) is 12.3. The summed E-state index contributed by atoms with van der Waals surface area (Å²) in [6.45, 7) is 21.3. The van der Waals surface area contributed by atoms with Gasteiger partial charge in [-0.3, -0.25) is 0 Å². The van der Waals surface area contributed by atoms with E-state index in [1.807, 2.05) is 70.2 Å². The first-order chi connectivity index (χ1) is 27.2. The number of hydrogen-bond acceptors (Lipinski definition) is 0. The van der Waals surface area contributed by atoms with Crippen molar-refractivity contribution in [2.24, 2.45) is 0 Å². The molecule has 290 valence electrons. The van der Waals surface area contributed by atoms with Crippen LogP contribution in [0.15, 0.2) is 84.6 Å². The second-order valence-corrected chi connectivity index (χ2v) is 19.9. The van der Waals surface area contributed by atoms with Gasteiger partial charge in [-0.2, -0.15) is 9.58 Å². The monoisotopic (exact) mass is 1010 g/mol. The normalized spacial score (nSPS) is 11.0. The van der Waals surface area contributed by atoms with Crippen molar-refractivity contribution in [3.05, 3.63) is 179 Å². The summed E-state index contributed by atoms with van der Waals surface area (Å²) in [5.74, 6) is 15.8. The Balaban J connectivity index is 1.46. The van der Waals surface area contributed by atoms with Gasteiger partial charge in [0.1, 0.15) is 0 Å². The first-order valence-corrected chi connectivity index (χ1v) is 21.7. The van der Waals surface area contributed by atoms with Crippen LogP contribution in [0.2, 0.25) is 0 Å². The van der Waals surface area contributed by atoms with E-state index in [4.69, 9.17) is 6.42 Å². The Morgan fingerprint density at radius 1 is 0.448 bits per heavy atom. The van der Waals surface area contributed by atoms with Crippen LogP contribution in [0.4, 0.5) is 0 Å². The summed E-state index contributed by atoms with van der Waals surface area (Å²) >= 11 is 14.9. The molecule has 0 heterocycles. The highest BCUT2D eigenvalue weighted by molar-refractivity contribution is 9.11. The van der Waals surface area contributed by atoms with Crippen LogP contribution in [0.5, 0.6) is 0 Å². The summed E-state index contributed by atoms with van der Waals surface area (Å²) in [6.07, 6.45) is 5.86. The number of halogens is 4. The number of nitrogens with zero attached hydrogens (tertiary/aromatic N) is 4. The van der Waals surface area contributed by atoms with Gasteiger partial charge >= 0.3 is 11.4 Å². The van der Waals surface area contributed by atoms with Crippen molar-refractivity contribution >= 4 is 75.1 Å². The molecule has 0 bridgehead atoms. The SMILES string of the molecule is C#Cc1cc(C#Cc2cc(Br)c(C(=[N+]=[N-])c3c(C)cc(C(C)(C)C)cc3C)c(Br)c2)cc(C#Cc2cc(Br)c(C(=[N+]=[N-])c3c(C)cc(C(C)(C)C)cc3C)c(Br)c2)c1. The minimum absolute atomic E-state index is 0.0124. The van der Waals surface area contributed by atoms with Gasteiger partial charge in [-0.05, 0) is 178 Å². The first kappa shape index (κ1) is 44.6.